The Labute approximate surface area is 145 Å². The number of nitrogens with one attached hydrogen (secondary N) is 1. The van der Waals surface area contributed by atoms with Crippen LogP contribution in [0.1, 0.15) is 30.5 Å². The van der Waals surface area contributed by atoms with Gasteiger partial charge in [-0.2, -0.15) is 13.2 Å². The van der Waals surface area contributed by atoms with Gasteiger partial charge in [0, 0.05) is 18.7 Å². The Balaban J connectivity index is 2.07. The Kier molecular flexibility index (Phi) is 6.31. The summed E-state index contributed by atoms with van der Waals surface area (Å²) in [6, 6.07) is 10.9. The van der Waals surface area contributed by atoms with Gasteiger partial charge in [0.1, 0.15) is 0 Å². The van der Waals surface area contributed by atoms with Crippen LogP contribution in [-0.2, 0) is 19.3 Å². The second-order valence-electron chi connectivity index (χ2n) is 5.92. The molecule has 0 aromatic heterocycles. The summed E-state index contributed by atoms with van der Waals surface area (Å²) in [6.45, 7) is 4.62. The van der Waals surface area contributed by atoms with Crippen molar-refractivity contribution < 1.29 is 22.6 Å². The molecule has 0 aliphatic heterocycles. The lowest BCUT2D eigenvalue weighted by molar-refractivity contribution is -0.137. The molecule has 2 aromatic carbocycles. The van der Waals surface area contributed by atoms with Crippen LogP contribution in [0.4, 0.5) is 13.2 Å². The van der Waals surface area contributed by atoms with Crippen LogP contribution in [0.5, 0.6) is 11.5 Å². The number of hydrogen-bond acceptors (Lipinski definition) is 3. The van der Waals surface area contributed by atoms with Crippen molar-refractivity contribution in [1.29, 1.82) is 0 Å². The molecular weight excluding hydrogens is 331 g/mol. The molecule has 0 saturated carbocycles. The van der Waals surface area contributed by atoms with Crippen LogP contribution in [0.2, 0.25) is 0 Å². The fourth-order valence-electron chi connectivity index (χ4n) is 2.43. The molecule has 2 rings (SSSR count). The Morgan fingerprint density at radius 3 is 2.40 bits per heavy atom. The van der Waals surface area contributed by atoms with Crippen molar-refractivity contribution >= 4 is 0 Å². The zero-order chi connectivity index (χ0) is 18.4. The van der Waals surface area contributed by atoms with Gasteiger partial charge in [-0.3, -0.25) is 0 Å². The van der Waals surface area contributed by atoms with Crippen LogP contribution in [-0.4, -0.2) is 13.2 Å². The number of methoxy groups -OCH3 is 1. The monoisotopic (exact) mass is 353 g/mol. The summed E-state index contributed by atoms with van der Waals surface area (Å²) in [4.78, 5) is 0. The molecule has 0 radical (unpaired) electrons. The van der Waals surface area contributed by atoms with Crippen LogP contribution in [0.25, 0.3) is 0 Å². The van der Waals surface area contributed by atoms with E-state index in [4.69, 9.17) is 9.47 Å². The Hall–Kier alpha value is -2.21. The van der Waals surface area contributed by atoms with Crippen molar-refractivity contribution in [1.82, 2.24) is 5.32 Å². The van der Waals surface area contributed by atoms with E-state index in [1.807, 2.05) is 32.0 Å². The highest BCUT2D eigenvalue weighted by Crippen LogP contribution is 2.32. The lowest BCUT2D eigenvalue weighted by atomic mass is 10.1. The molecule has 0 atom stereocenters. The number of alkyl halides is 3. The summed E-state index contributed by atoms with van der Waals surface area (Å²) in [5.74, 6) is 1.28. The molecule has 0 fully saturated rings. The number of ether oxygens (including phenoxy) is 2. The lowest BCUT2D eigenvalue weighted by Crippen LogP contribution is -2.16. The van der Waals surface area contributed by atoms with Crippen LogP contribution in [0.3, 0.4) is 0 Å². The topological polar surface area (TPSA) is 30.5 Å². The van der Waals surface area contributed by atoms with E-state index in [1.54, 1.807) is 13.2 Å². The third kappa shape index (κ3) is 5.39. The first-order valence-electron chi connectivity index (χ1n) is 8.00. The van der Waals surface area contributed by atoms with Crippen molar-refractivity contribution in [2.75, 3.05) is 7.11 Å². The minimum absolute atomic E-state index is 0.0153. The molecule has 0 spiro atoms. The first-order valence-corrected chi connectivity index (χ1v) is 8.00. The normalized spacial score (nSPS) is 11.6. The number of halogens is 3. The largest absolute Gasteiger partial charge is 0.493 e. The highest BCUT2D eigenvalue weighted by atomic mass is 19.4. The maximum atomic E-state index is 12.8. The zero-order valence-corrected chi connectivity index (χ0v) is 14.5. The van der Waals surface area contributed by atoms with E-state index in [1.165, 1.54) is 6.07 Å². The van der Waals surface area contributed by atoms with E-state index >= 15 is 0 Å². The van der Waals surface area contributed by atoms with E-state index in [9.17, 15) is 13.2 Å². The lowest BCUT2D eigenvalue weighted by Gasteiger charge is -2.18. The smallest absolute Gasteiger partial charge is 0.416 e. The van der Waals surface area contributed by atoms with Crippen LogP contribution >= 0.6 is 0 Å². The van der Waals surface area contributed by atoms with Crippen molar-refractivity contribution in [2.45, 2.75) is 39.2 Å². The van der Waals surface area contributed by atoms with Gasteiger partial charge in [0.05, 0.1) is 18.8 Å². The quantitative estimate of drug-likeness (QED) is 0.776. The molecule has 0 bridgehead atoms. The zero-order valence-electron chi connectivity index (χ0n) is 14.5. The highest BCUT2D eigenvalue weighted by Gasteiger charge is 2.30. The number of para-hydroxylation sites is 1. The van der Waals surface area contributed by atoms with Gasteiger partial charge in [-0.25, -0.2) is 0 Å². The van der Waals surface area contributed by atoms with E-state index in [-0.39, 0.29) is 6.10 Å². The summed E-state index contributed by atoms with van der Waals surface area (Å²) < 4.78 is 49.4. The maximum absolute atomic E-state index is 12.8. The third-order valence-electron chi connectivity index (χ3n) is 3.53. The third-order valence-corrected chi connectivity index (χ3v) is 3.53. The standard InChI is InChI=1S/C19H22F3NO2/c1-13(2)25-18-15(7-5-9-17(18)24-3)12-23-11-14-6-4-8-16(10-14)19(20,21)22/h4-10,13,23H,11-12H2,1-3H3. The fraction of sp³-hybridized carbons (Fsp3) is 0.368. The van der Waals surface area contributed by atoms with Gasteiger partial charge in [-0.05, 0) is 31.5 Å². The summed E-state index contributed by atoms with van der Waals surface area (Å²) in [7, 11) is 1.57. The average molecular weight is 353 g/mol. The Bertz CT molecular complexity index is 699. The van der Waals surface area contributed by atoms with Crippen LogP contribution in [0, 0.1) is 0 Å². The van der Waals surface area contributed by atoms with Gasteiger partial charge in [-0.1, -0.05) is 30.3 Å². The molecule has 3 nitrogen and oxygen atoms in total. The number of benzene rings is 2. The van der Waals surface area contributed by atoms with Crippen LogP contribution in [0.15, 0.2) is 42.5 Å². The molecular formula is C19H22F3NO2. The SMILES string of the molecule is COc1cccc(CNCc2cccc(C(F)(F)F)c2)c1OC(C)C. The van der Waals surface area contributed by atoms with Crippen molar-refractivity contribution in [2.24, 2.45) is 0 Å². The van der Waals surface area contributed by atoms with E-state index in [2.05, 4.69) is 5.32 Å². The number of hydrogen-bond donors (Lipinski definition) is 1. The first-order chi connectivity index (χ1) is 11.8. The van der Waals surface area contributed by atoms with Gasteiger partial charge >= 0.3 is 6.18 Å². The van der Waals surface area contributed by atoms with E-state index in [0.29, 0.717) is 30.2 Å². The van der Waals surface area contributed by atoms with Crippen LogP contribution < -0.4 is 14.8 Å². The van der Waals surface area contributed by atoms with Gasteiger partial charge in [0.25, 0.3) is 0 Å². The van der Waals surface area contributed by atoms with Gasteiger partial charge < -0.3 is 14.8 Å². The number of rotatable bonds is 7. The summed E-state index contributed by atoms with van der Waals surface area (Å²) in [5.41, 5.74) is 0.820. The fourth-order valence-corrected chi connectivity index (χ4v) is 2.43. The van der Waals surface area contributed by atoms with Crippen molar-refractivity contribution in [3.05, 3.63) is 59.2 Å². The molecule has 0 aliphatic carbocycles. The van der Waals surface area contributed by atoms with Gasteiger partial charge in [0.2, 0.25) is 0 Å². The first kappa shape index (κ1) is 19.1. The van der Waals surface area contributed by atoms with Crippen molar-refractivity contribution in [3.8, 4) is 11.5 Å². The predicted octanol–water partition coefficient (Wildman–Crippen LogP) is 4.79. The summed E-state index contributed by atoms with van der Waals surface area (Å²) >= 11 is 0. The molecule has 0 saturated heterocycles. The minimum atomic E-state index is -4.33. The highest BCUT2D eigenvalue weighted by molar-refractivity contribution is 5.46. The molecule has 2 aromatic rings. The summed E-state index contributed by atoms with van der Waals surface area (Å²) in [5, 5.41) is 3.16. The second-order valence-corrected chi connectivity index (χ2v) is 5.92. The summed E-state index contributed by atoms with van der Waals surface area (Å²) in [6.07, 6.45) is -4.35. The molecule has 0 aliphatic rings. The molecule has 0 unspecified atom stereocenters. The van der Waals surface area contributed by atoms with E-state index < -0.39 is 11.7 Å². The maximum Gasteiger partial charge on any atom is 0.416 e. The Morgan fingerprint density at radius 1 is 1.04 bits per heavy atom. The van der Waals surface area contributed by atoms with Gasteiger partial charge in [-0.15, -0.1) is 0 Å². The molecule has 136 valence electrons. The molecule has 6 heteroatoms. The molecule has 1 N–H and O–H groups in total. The van der Waals surface area contributed by atoms with E-state index in [0.717, 1.165) is 17.7 Å². The molecule has 25 heavy (non-hydrogen) atoms. The minimum Gasteiger partial charge on any atom is -0.493 e. The van der Waals surface area contributed by atoms with Gasteiger partial charge in [0.15, 0.2) is 11.5 Å². The Morgan fingerprint density at radius 2 is 1.76 bits per heavy atom. The second kappa shape index (κ2) is 8.25. The van der Waals surface area contributed by atoms with Crippen molar-refractivity contribution in [3.63, 3.8) is 0 Å². The molecule has 0 heterocycles. The average Bonchev–Trinajstić information content (AvgIpc) is 2.55. The molecule has 0 amide bonds. The predicted molar refractivity (Wildman–Crippen MR) is 90.7 cm³/mol.